The summed E-state index contributed by atoms with van der Waals surface area (Å²) in [6, 6.07) is 4.60. The lowest BCUT2D eigenvalue weighted by atomic mass is 10.1. The number of halogens is 1. The molecule has 3 unspecified atom stereocenters. The van der Waals surface area contributed by atoms with Crippen molar-refractivity contribution in [1.29, 1.82) is 0 Å². The van der Waals surface area contributed by atoms with Gasteiger partial charge < -0.3 is 10.1 Å². The van der Waals surface area contributed by atoms with E-state index in [1.165, 1.54) is 5.56 Å². The van der Waals surface area contributed by atoms with Crippen molar-refractivity contribution in [3.63, 3.8) is 0 Å². The third kappa shape index (κ3) is 2.73. The summed E-state index contributed by atoms with van der Waals surface area (Å²) in [7, 11) is 0. The molecule has 88 valence electrons. The van der Waals surface area contributed by atoms with Crippen molar-refractivity contribution in [3.05, 3.63) is 29.0 Å². The SMILES string of the molecule is CC(NC1CCOC1C)c1ccnc(Cl)c1. The Morgan fingerprint density at radius 1 is 1.62 bits per heavy atom. The minimum atomic E-state index is 0.273. The van der Waals surface area contributed by atoms with Crippen molar-refractivity contribution >= 4 is 11.6 Å². The third-order valence-electron chi connectivity index (χ3n) is 3.09. The molecule has 3 atom stereocenters. The van der Waals surface area contributed by atoms with Crippen LogP contribution in [0.4, 0.5) is 0 Å². The molecule has 0 aliphatic carbocycles. The van der Waals surface area contributed by atoms with Gasteiger partial charge >= 0.3 is 0 Å². The van der Waals surface area contributed by atoms with E-state index in [1.54, 1.807) is 6.20 Å². The Bertz CT molecular complexity index is 359. The summed E-state index contributed by atoms with van der Waals surface area (Å²) in [5.74, 6) is 0. The summed E-state index contributed by atoms with van der Waals surface area (Å²) in [5, 5.41) is 4.10. The Morgan fingerprint density at radius 2 is 2.44 bits per heavy atom. The summed E-state index contributed by atoms with van der Waals surface area (Å²) in [4.78, 5) is 3.98. The van der Waals surface area contributed by atoms with E-state index in [9.17, 15) is 0 Å². The number of hydrogen-bond donors (Lipinski definition) is 1. The first-order valence-corrected chi connectivity index (χ1v) is 6.03. The maximum absolute atomic E-state index is 5.87. The van der Waals surface area contributed by atoms with Crippen LogP contribution in [0.2, 0.25) is 5.15 Å². The highest BCUT2D eigenvalue weighted by Crippen LogP contribution is 2.20. The van der Waals surface area contributed by atoms with Gasteiger partial charge in [-0.15, -0.1) is 0 Å². The van der Waals surface area contributed by atoms with Gasteiger partial charge in [0.05, 0.1) is 6.10 Å². The molecule has 0 saturated carbocycles. The average molecular weight is 241 g/mol. The van der Waals surface area contributed by atoms with Gasteiger partial charge in [0.1, 0.15) is 5.15 Å². The fourth-order valence-electron chi connectivity index (χ4n) is 2.05. The molecule has 1 aliphatic heterocycles. The van der Waals surface area contributed by atoms with Crippen LogP contribution in [-0.4, -0.2) is 23.7 Å². The Kier molecular flexibility index (Phi) is 3.79. The Morgan fingerprint density at radius 3 is 3.06 bits per heavy atom. The van der Waals surface area contributed by atoms with E-state index in [2.05, 4.69) is 24.1 Å². The molecule has 4 heteroatoms. The van der Waals surface area contributed by atoms with Crippen LogP contribution in [-0.2, 0) is 4.74 Å². The maximum Gasteiger partial charge on any atom is 0.129 e. The predicted molar refractivity (Wildman–Crippen MR) is 64.6 cm³/mol. The van der Waals surface area contributed by atoms with Crippen LogP contribution >= 0.6 is 11.6 Å². The summed E-state index contributed by atoms with van der Waals surface area (Å²) in [6.45, 7) is 5.09. The van der Waals surface area contributed by atoms with Crippen LogP contribution < -0.4 is 5.32 Å². The summed E-state index contributed by atoms with van der Waals surface area (Å²) in [6.07, 6.45) is 3.11. The highest BCUT2D eigenvalue weighted by molar-refractivity contribution is 6.29. The van der Waals surface area contributed by atoms with Crippen LogP contribution in [0.5, 0.6) is 0 Å². The molecular formula is C12H17ClN2O. The molecule has 0 amide bonds. The minimum Gasteiger partial charge on any atom is -0.377 e. The van der Waals surface area contributed by atoms with E-state index < -0.39 is 0 Å². The van der Waals surface area contributed by atoms with E-state index in [4.69, 9.17) is 16.3 Å². The van der Waals surface area contributed by atoms with E-state index in [0.29, 0.717) is 17.3 Å². The molecule has 1 aliphatic rings. The Labute approximate surface area is 101 Å². The zero-order chi connectivity index (χ0) is 11.5. The van der Waals surface area contributed by atoms with Crippen molar-refractivity contribution in [3.8, 4) is 0 Å². The second-order valence-corrected chi connectivity index (χ2v) is 4.66. The zero-order valence-corrected chi connectivity index (χ0v) is 10.4. The lowest BCUT2D eigenvalue weighted by molar-refractivity contribution is 0.111. The van der Waals surface area contributed by atoms with Crippen molar-refractivity contribution in [2.45, 2.75) is 38.5 Å². The molecular weight excluding hydrogens is 224 g/mol. The number of pyridine rings is 1. The number of nitrogens with zero attached hydrogens (tertiary/aromatic N) is 1. The monoisotopic (exact) mass is 240 g/mol. The van der Waals surface area contributed by atoms with Gasteiger partial charge in [-0.3, -0.25) is 0 Å². The molecule has 2 rings (SSSR count). The maximum atomic E-state index is 5.87. The smallest absolute Gasteiger partial charge is 0.129 e. The summed E-state index contributed by atoms with van der Waals surface area (Å²) >= 11 is 5.87. The van der Waals surface area contributed by atoms with Crippen LogP contribution in [0, 0.1) is 0 Å². The van der Waals surface area contributed by atoms with E-state index >= 15 is 0 Å². The first kappa shape index (κ1) is 11.8. The van der Waals surface area contributed by atoms with Crippen molar-refractivity contribution < 1.29 is 4.74 Å². The van der Waals surface area contributed by atoms with E-state index in [-0.39, 0.29) is 6.04 Å². The molecule has 3 nitrogen and oxygen atoms in total. The zero-order valence-electron chi connectivity index (χ0n) is 9.61. The molecule has 16 heavy (non-hydrogen) atoms. The first-order valence-electron chi connectivity index (χ1n) is 5.66. The lowest BCUT2D eigenvalue weighted by Crippen LogP contribution is -2.36. The number of nitrogens with one attached hydrogen (secondary N) is 1. The standard InChI is InChI=1S/C12H17ClN2O/c1-8(10-3-5-14-12(13)7-10)15-11-4-6-16-9(11)2/h3,5,7-9,11,15H,4,6H2,1-2H3. The molecule has 1 aromatic heterocycles. The summed E-state index contributed by atoms with van der Waals surface area (Å²) < 4.78 is 5.52. The van der Waals surface area contributed by atoms with Gasteiger partial charge in [-0.2, -0.15) is 0 Å². The molecule has 0 bridgehead atoms. The molecule has 2 heterocycles. The Balaban J connectivity index is 1.99. The van der Waals surface area contributed by atoms with Gasteiger partial charge in [-0.1, -0.05) is 11.6 Å². The molecule has 1 N–H and O–H groups in total. The van der Waals surface area contributed by atoms with Crippen LogP contribution in [0.1, 0.15) is 31.9 Å². The van der Waals surface area contributed by atoms with E-state index in [1.807, 2.05) is 12.1 Å². The van der Waals surface area contributed by atoms with Crippen molar-refractivity contribution in [2.24, 2.45) is 0 Å². The van der Waals surface area contributed by atoms with Crippen molar-refractivity contribution in [1.82, 2.24) is 10.3 Å². The van der Waals surface area contributed by atoms with Crippen LogP contribution in [0.15, 0.2) is 18.3 Å². The fourth-order valence-corrected chi connectivity index (χ4v) is 2.24. The second kappa shape index (κ2) is 5.13. The molecule has 0 radical (unpaired) electrons. The highest BCUT2D eigenvalue weighted by atomic mass is 35.5. The number of hydrogen-bond acceptors (Lipinski definition) is 3. The van der Waals surface area contributed by atoms with Gasteiger partial charge in [0, 0.05) is 24.9 Å². The highest BCUT2D eigenvalue weighted by Gasteiger charge is 2.25. The van der Waals surface area contributed by atoms with Crippen LogP contribution in [0.25, 0.3) is 0 Å². The number of rotatable bonds is 3. The quantitative estimate of drug-likeness (QED) is 0.825. The van der Waals surface area contributed by atoms with Gasteiger partial charge in [0.15, 0.2) is 0 Å². The van der Waals surface area contributed by atoms with Gasteiger partial charge in [0.25, 0.3) is 0 Å². The summed E-state index contributed by atoms with van der Waals surface area (Å²) in [5.41, 5.74) is 1.17. The minimum absolute atomic E-state index is 0.273. The van der Waals surface area contributed by atoms with Gasteiger partial charge in [-0.25, -0.2) is 4.98 Å². The number of aromatic nitrogens is 1. The molecule has 0 aromatic carbocycles. The number of ether oxygens (including phenoxy) is 1. The fraction of sp³-hybridized carbons (Fsp3) is 0.583. The lowest BCUT2D eigenvalue weighted by Gasteiger charge is -2.22. The first-order chi connectivity index (χ1) is 7.66. The van der Waals surface area contributed by atoms with Crippen molar-refractivity contribution in [2.75, 3.05) is 6.61 Å². The predicted octanol–water partition coefficient (Wildman–Crippen LogP) is 2.56. The second-order valence-electron chi connectivity index (χ2n) is 4.27. The topological polar surface area (TPSA) is 34.1 Å². The third-order valence-corrected chi connectivity index (χ3v) is 3.30. The normalized spacial score (nSPS) is 26.9. The molecule has 1 fully saturated rings. The molecule has 0 spiro atoms. The largest absolute Gasteiger partial charge is 0.377 e. The Hall–Kier alpha value is -0.640. The molecule has 1 saturated heterocycles. The molecule has 1 aromatic rings. The van der Waals surface area contributed by atoms with Gasteiger partial charge in [0.2, 0.25) is 0 Å². The van der Waals surface area contributed by atoms with Gasteiger partial charge in [-0.05, 0) is 38.0 Å². The average Bonchev–Trinajstić information content (AvgIpc) is 2.64. The van der Waals surface area contributed by atoms with E-state index in [0.717, 1.165) is 13.0 Å². The van der Waals surface area contributed by atoms with Crippen LogP contribution in [0.3, 0.4) is 0 Å².